The number of carbonyl (C=O) groups excluding carboxylic acids is 2. The Morgan fingerprint density at radius 1 is 0.359 bits per heavy atom. The summed E-state index contributed by atoms with van der Waals surface area (Å²) in [5.74, 6) is -0.0149. The zero-order chi connectivity index (χ0) is 56.4. The summed E-state index contributed by atoms with van der Waals surface area (Å²) in [6, 6.07) is -0.540. The van der Waals surface area contributed by atoms with E-state index >= 15 is 0 Å². The first-order chi connectivity index (χ1) is 38.5. The van der Waals surface area contributed by atoms with Gasteiger partial charge in [0.25, 0.3) is 0 Å². The molecule has 0 aromatic carbocycles. The second-order valence-corrected chi connectivity index (χ2v) is 24.6. The molecule has 0 saturated carbocycles. The number of aliphatic hydroxyl groups is 2. The summed E-state index contributed by atoms with van der Waals surface area (Å²) in [6.07, 6.45) is 85.2. The van der Waals surface area contributed by atoms with Gasteiger partial charge >= 0.3 is 5.97 Å². The lowest BCUT2D eigenvalue weighted by Gasteiger charge is -2.22. The Morgan fingerprint density at radius 3 is 0.974 bits per heavy atom. The van der Waals surface area contributed by atoms with Crippen LogP contribution >= 0.6 is 0 Å². The van der Waals surface area contributed by atoms with Gasteiger partial charge < -0.3 is 20.3 Å². The minimum Gasteiger partial charge on any atom is -0.466 e. The van der Waals surface area contributed by atoms with Crippen molar-refractivity contribution in [1.82, 2.24) is 5.32 Å². The fourth-order valence-corrected chi connectivity index (χ4v) is 11.3. The molecule has 2 atom stereocenters. The van der Waals surface area contributed by atoms with E-state index in [0.717, 1.165) is 44.9 Å². The van der Waals surface area contributed by atoms with Gasteiger partial charge in [-0.1, -0.05) is 353 Å². The van der Waals surface area contributed by atoms with Crippen LogP contribution in [0, 0.1) is 0 Å². The van der Waals surface area contributed by atoms with E-state index in [9.17, 15) is 19.8 Å². The standard InChI is InChI=1S/C72H139NO5/c1-3-5-7-9-11-13-15-16-17-35-38-41-45-48-52-56-60-64-70(75)69(68-74)73-71(76)65-61-57-53-49-46-42-39-36-33-31-29-27-25-23-21-19-18-20-22-24-26-28-30-32-34-37-40-43-47-51-55-59-63-67-78-72(77)66-62-58-54-50-44-14-12-10-8-6-4-2/h22,24,28,30,69-70,74-75H,3-21,23,25-27,29,31-68H2,1-2H3,(H,73,76)/b24-22-,30-28-. The molecule has 3 N–H and O–H groups in total. The molecule has 2 unspecified atom stereocenters. The molecule has 6 nitrogen and oxygen atoms in total. The highest BCUT2D eigenvalue weighted by Gasteiger charge is 2.20. The summed E-state index contributed by atoms with van der Waals surface area (Å²) in [5, 5.41) is 23.4. The minimum atomic E-state index is -0.663. The highest BCUT2D eigenvalue weighted by Crippen LogP contribution is 2.19. The van der Waals surface area contributed by atoms with Gasteiger partial charge in [0.15, 0.2) is 0 Å². The summed E-state index contributed by atoms with van der Waals surface area (Å²) < 4.78 is 5.47. The molecule has 0 saturated heterocycles. The lowest BCUT2D eigenvalue weighted by Crippen LogP contribution is -2.45. The molecule has 0 aliphatic rings. The van der Waals surface area contributed by atoms with E-state index in [1.807, 2.05) is 0 Å². The van der Waals surface area contributed by atoms with Crippen LogP contribution in [0.2, 0.25) is 0 Å². The first-order valence-corrected chi connectivity index (χ1v) is 35.6. The molecular weight excluding hydrogens is 959 g/mol. The third-order valence-corrected chi connectivity index (χ3v) is 16.8. The van der Waals surface area contributed by atoms with Gasteiger partial charge in [0.2, 0.25) is 5.91 Å². The van der Waals surface area contributed by atoms with Gasteiger partial charge in [-0.2, -0.15) is 0 Å². The Kier molecular flexibility index (Phi) is 66.4. The topological polar surface area (TPSA) is 95.9 Å². The Labute approximate surface area is 488 Å². The van der Waals surface area contributed by atoms with Crippen molar-refractivity contribution in [2.24, 2.45) is 0 Å². The molecule has 0 heterocycles. The summed E-state index contributed by atoms with van der Waals surface area (Å²) >= 11 is 0. The van der Waals surface area contributed by atoms with E-state index in [1.54, 1.807) is 0 Å². The van der Waals surface area contributed by atoms with E-state index in [1.165, 1.54) is 321 Å². The predicted octanol–water partition coefficient (Wildman–Crippen LogP) is 22.9. The Bertz CT molecular complexity index is 1220. The number of allylic oxidation sites excluding steroid dienone is 4. The van der Waals surface area contributed by atoms with Gasteiger partial charge in [-0.15, -0.1) is 0 Å². The summed E-state index contributed by atoms with van der Waals surface area (Å²) in [4.78, 5) is 24.5. The molecule has 0 fully saturated rings. The van der Waals surface area contributed by atoms with Crippen molar-refractivity contribution < 1.29 is 24.5 Å². The number of hydrogen-bond acceptors (Lipinski definition) is 5. The van der Waals surface area contributed by atoms with E-state index in [2.05, 4.69) is 43.5 Å². The SMILES string of the molecule is CCCCCCCCCCCCCCCCCCCC(O)C(CO)NC(=O)CCCCCCCCCCCCCCCCCCC/C=C\C/C=C\CCCCCCCCCCCOC(=O)CCCCCCCCCCCCC. The number of carbonyl (C=O) groups is 2. The highest BCUT2D eigenvalue weighted by atomic mass is 16.5. The van der Waals surface area contributed by atoms with Crippen molar-refractivity contribution in [3.63, 3.8) is 0 Å². The van der Waals surface area contributed by atoms with E-state index in [0.29, 0.717) is 25.9 Å². The van der Waals surface area contributed by atoms with Gasteiger partial charge in [0.1, 0.15) is 0 Å². The maximum Gasteiger partial charge on any atom is 0.305 e. The van der Waals surface area contributed by atoms with Crippen LogP contribution in [0.5, 0.6) is 0 Å². The summed E-state index contributed by atoms with van der Waals surface area (Å²) in [5.41, 5.74) is 0. The molecule has 0 bridgehead atoms. The molecule has 0 radical (unpaired) electrons. The number of unbranched alkanes of at least 4 members (excludes halogenated alkanes) is 52. The number of esters is 1. The predicted molar refractivity (Wildman–Crippen MR) is 343 cm³/mol. The maximum atomic E-state index is 12.5. The monoisotopic (exact) mass is 1100 g/mol. The molecule has 78 heavy (non-hydrogen) atoms. The van der Waals surface area contributed by atoms with Gasteiger partial charge in [-0.05, 0) is 57.8 Å². The fourth-order valence-electron chi connectivity index (χ4n) is 11.3. The average Bonchev–Trinajstić information content (AvgIpc) is 3.44. The second kappa shape index (κ2) is 67.8. The van der Waals surface area contributed by atoms with Crippen molar-refractivity contribution in [2.75, 3.05) is 13.2 Å². The first-order valence-electron chi connectivity index (χ1n) is 35.6. The lowest BCUT2D eigenvalue weighted by molar-refractivity contribution is -0.143. The minimum absolute atomic E-state index is 0.0144. The summed E-state index contributed by atoms with van der Waals surface area (Å²) in [7, 11) is 0. The molecule has 0 aromatic rings. The second-order valence-electron chi connectivity index (χ2n) is 24.6. The normalized spacial score (nSPS) is 12.6. The van der Waals surface area contributed by atoms with Crippen LogP contribution in [-0.4, -0.2) is 47.4 Å². The number of ether oxygens (including phenoxy) is 1. The van der Waals surface area contributed by atoms with Crippen LogP contribution in [0.25, 0.3) is 0 Å². The average molecular weight is 1100 g/mol. The molecular formula is C72H139NO5. The van der Waals surface area contributed by atoms with Gasteiger partial charge in [-0.3, -0.25) is 9.59 Å². The first kappa shape index (κ1) is 76.3. The molecule has 0 aliphatic carbocycles. The third kappa shape index (κ3) is 63.5. The molecule has 0 spiro atoms. The van der Waals surface area contributed by atoms with Crippen molar-refractivity contribution in [2.45, 2.75) is 411 Å². The number of aliphatic hydroxyl groups excluding tert-OH is 2. The van der Waals surface area contributed by atoms with Crippen LogP contribution in [0.15, 0.2) is 24.3 Å². The van der Waals surface area contributed by atoms with Gasteiger partial charge in [-0.25, -0.2) is 0 Å². The molecule has 1 amide bonds. The van der Waals surface area contributed by atoms with Crippen molar-refractivity contribution in [3.05, 3.63) is 24.3 Å². The third-order valence-electron chi connectivity index (χ3n) is 16.8. The number of rotatable bonds is 67. The van der Waals surface area contributed by atoms with Crippen LogP contribution in [0.1, 0.15) is 399 Å². The van der Waals surface area contributed by atoms with Gasteiger partial charge in [0.05, 0.1) is 25.4 Å². The lowest BCUT2D eigenvalue weighted by atomic mass is 10.0. The smallest absolute Gasteiger partial charge is 0.305 e. The number of hydrogen-bond donors (Lipinski definition) is 3. The van der Waals surface area contributed by atoms with Crippen molar-refractivity contribution in [1.29, 1.82) is 0 Å². The Balaban J connectivity index is 3.38. The zero-order valence-corrected chi connectivity index (χ0v) is 52.9. The molecule has 0 aliphatic heterocycles. The quantitative estimate of drug-likeness (QED) is 0.0320. The molecule has 0 aromatic heterocycles. The van der Waals surface area contributed by atoms with Crippen LogP contribution in [0.3, 0.4) is 0 Å². The molecule has 6 heteroatoms. The van der Waals surface area contributed by atoms with Crippen molar-refractivity contribution in [3.8, 4) is 0 Å². The largest absolute Gasteiger partial charge is 0.466 e. The van der Waals surface area contributed by atoms with E-state index in [-0.39, 0.29) is 18.5 Å². The Morgan fingerprint density at radius 2 is 0.641 bits per heavy atom. The maximum absolute atomic E-state index is 12.5. The Hall–Kier alpha value is -1.66. The summed E-state index contributed by atoms with van der Waals surface area (Å²) in [6.45, 7) is 4.98. The van der Waals surface area contributed by atoms with E-state index in [4.69, 9.17) is 4.74 Å². The zero-order valence-electron chi connectivity index (χ0n) is 52.9. The fraction of sp³-hybridized carbons (Fsp3) is 0.917. The number of amides is 1. The van der Waals surface area contributed by atoms with Gasteiger partial charge in [0, 0.05) is 12.8 Å². The van der Waals surface area contributed by atoms with Crippen molar-refractivity contribution >= 4 is 11.9 Å². The van der Waals surface area contributed by atoms with Crippen LogP contribution in [0.4, 0.5) is 0 Å². The number of nitrogens with one attached hydrogen (secondary N) is 1. The van der Waals surface area contributed by atoms with Crippen LogP contribution in [-0.2, 0) is 14.3 Å². The molecule has 462 valence electrons. The highest BCUT2D eigenvalue weighted by molar-refractivity contribution is 5.76. The molecule has 0 rings (SSSR count). The van der Waals surface area contributed by atoms with E-state index < -0.39 is 12.1 Å². The van der Waals surface area contributed by atoms with Crippen LogP contribution < -0.4 is 5.32 Å².